The standard InChI is InChI=1S/C12H12Cl2F4N4O7/c13-11(15,16)9(27)21-3(1-5(19)23)7(25)29-8(26)4(2-6(20)24)22-10(28)12(14,17)18/h3-4H,1-2H2,(H2,19,23)(H2,20,24)(H,21,27)(H,22,28)/t3-,4-/m0/s1. The van der Waals surface area contributed by atoms with Gasteiger partial charge in [-0.1, -0.05) is 0 Å². The Kier molecular flexibility index (Phi) is 9.26. The van der Waals surface area contributed by atoms with Crippen molar-refractivity contribution in [3.05, 3.63) is 0 Å². The van der Waals surface area contributed by atoms with E-state index in [4.69, 9.17) is 11.5 Å². The fraction of sp³-hybridized carbons (Fsp3) is 0.500. The van der Waals surface area contributed by atoms with E-state index in [1.165, 1.54) is 10.6 Å². The van der Waals surface area contributed by atoms with Gasteiger partial charge in [0.2, 0.25) is 11.8 Å². The van der Waals surface area contributed by atoms with Crippen LogP contribution in [0.3, 0.4) is 0 Å². The Hall–Kier alpha value is -2.68. The predicted molar refractivity (Wildman–Crippen MR) is 84.2 cm³/mol. The third kappa shape index (κ3) is 9.89. The second-order valence-electron chi connectivity index (χ2n) is 5.13. The molecule has 0 aliphatic heterocycles. The lowest BCUT2D eigenvalue weighted by molar-refractivity contribution is -0.166. The number of nitrogens with two attached hydrogens (primary N) is 2. The Morgan fingerprint density at radius 3 is 1.24 bits per heavy atom. The summed E-state index contributed by atoms with van der Waals surface area (Å²) in [6.45, 7) is 0. The molecule has 0 radical (unpaired) electrons. The predicted octanol–water partition coefficient (Wildman–Crippen LogP) is -1.56. The molecule has 4 amide bonds. The van der Waals surface area contributed by atoms with Gasteiger partial charge in [-0.3, -0.25) is 19.2 Å². The second kappa shape index (κ2) is 10.2. The lowest BCUT2D eigenvalue weighted by Gasteiger charge is -2.20. The van der Waals surface area contributed by atoms with Crippen LogP contribution in [0.25, 0.3) is 0 Å². The molecule has 11 nitrogen and oxygen atoms in total. The molecule has 0 bridgehead atoms. The quantitative estimate of drug-likeness (QED) is 0.128. The first-order valence-electron chi connectivity index (χ1n) is 7.02. The zero-order chi connectivity index (χ0) is 23.2. The van der Waals surface area contributed by atoms with E-state index in [1.54, 1.807) is 0 Å². The number of amides is 4. The minimum absolute atomic E-state index is 1.14. The van der Waals surface area contributed by atoms with Crippen molar-refractivity contribution in [2.75, 3.05) is 0 Å². The van der Waals surface area contributed by atoms with Gasteiger partial charge in [-0.15, -0.1) is 0 Å². The van der Waals surface area contributed by atoms with Gasteiger partial charge < -0.3 is 26.8 Å². The lowest BCUT2D eigenvalue weighted by atomic mass is 10.1. The number of hydrogen-bond acceptors (Lipinski definition) is 7. The van der Waals surface area contributed by atoms with Crippen molar-refractivity contribution in [1.29, 1.82) is 0 Å². The molecule has 6 N–H and O–H groups in total. The number of carbonyl (C=O) groups is 6. The van der Waals surface area contributed by atoms with Gasteiger partial charge in [-0.25, -0.2) is 9.59 Å². The number of rotatable bonds is 10. The molecule has 0 aromatic rings. The highest BCUT2D eigenvalue weighted by molar-refractivity contribution is 6.32. The monoisotopic (exact) mass is 470 g/mol. The van der Waals surface area contributed by atoms with Crippen LogP contribution in [0.5, 0.6) is 0 Å². The Bertz CT molecular complexity index is 653. The third-order valence-electron chi connectivity index (χ3n) is 2.71. The van der Waals surface area contributed by atoms with Gasteiger partial charge in [0.05, 0.1) is 12.8 Å². The molecule has 0 rings (SSSR count). The van der Waals surface area contributed by atoms with E-state index >= 15 is 0 Å². The highest BCUT2D eigenvalue weighted by atomic mass is 35.5. The molecule has 0 aromatic carbocycles. The summed E-state index contributed by atoms with van der Waals surface area (Å²) in [5.41, 5.74) is 9.53. The zero-order valence-corrected chi connectivity index (χ0v) is 15.4. The van der Waals surface area contributed by atoms with Gasteiger partial charge in [0.25, 0.3) is 0 Å². The highest BCUT2D eigenvalue weighted by Crippen LogP contribution is 2.20. The van der Waals surface area contributed by atoms with E-state index in [0.717, 1.165) is 0 Å². The molecule has 29 heavy (non-hydrogen) atoms. The smallest absolute Gasteiger partial charge is 0.390 e. The summed E-state index contributed by atoms with van der Waals surface area (Å²) in [4.78, 5) is 67.8. The number of nitrogens with one attached hydrogen (secondary N) is 2. The summed E-state index contributed by atoms with van der Waals surface area (Å²) in [5, 5.41) is -6.50. The zero-order valence-electron chi connectivity index (χ0n) is 13.8. The molecule has 0 aliphatic rings. The van der Waals surface area contributed by atoms with Gasteiger partial charge >= 0.3 is 34.5 Å². The van der Waals surface area contributed by atoms with Crippen LogP contribution < -0.4 is 22.1 Å². The molecule has 0 unspecified atom stereocenters. The van der Waals surface area contributed by atoms with Crippen LogP contribution in [0.4, 0.5) is 17.6 Å². The van der Waals surface area contributed by atoms with Gasteiger partial charge in [0.1, 0.15) is 12.1 Å². The number of carbonyl (C=O) groups excluding carboxylic acids is 6. The molecule has 164 valence electrons. The van der Waals surface area contributed by atoms with Crippen molar-refractivity contribution in [1.82, 2.24) is 10.6 Å². The number of halogens is 6. The van der Waals surface area contributed by atoms with E-state index < -0.39 is 71.3 Å². The Morgan fingerprint density at radius 2 is 1.03 bits per heavy atom. The summed E-state index contributed by atoms with van der Waals surface area (Å²) >= 11 is 8.84. The molecule has 0 aliphatic carbocycles. The average molecular weight is 471 g/mol. The Morgan fingerprint density at radius 1 is 0.759 bits per heavy atom. The molecule has 0 spiro atoms. The maximum atomic E-state index is 12.7. The van der Waals surface area contributed by atoms with Crippen LogP contribution in [0.1, 0.15) is 12.8 Å². The summed E-state index contributed by atoms with van der Waals surface area (Å²) < 4.78 is 54.9. The Labute approximate surface area is 168 Å². The van der Waals surface area contributed by atoms with E-state index in [0.29, 0.717) is 0 Å². The SMILES string of the molecule is NC(=O)C[C@H](NC(=O)C(F)(F)Cl)C(=O)OC(=O)[C@H](CC(N)=O)NC(=O)C(F)(F)Cl. The first kappa shape index (κ1) is 26.3. The summed E-state index contributed by atoms with van der Waals surface area (Å²) in [5.74, 6) is -10.9. The van der Waals surface area contributed by atoms with E-state index in [2.05, 4.69) is 27.9 Å². The Balaban J connectivity index is 5.42. The number of alkyl halides is 6. The maximum absolute atomic E-state index is 12.7. The van der Waals surface area contributed by atoms with E-state index in [1.807, 2.05) is 0 Å². The summed E-state index contributed by atoms with van der Waals surface area (Å²) in [7, 11) is 0. The summed E-state index contributed by atoms with van der Waals surface area (Å²) in [6.07, 6.45) is -2.28. The lowest BCUT2D eigenvalue weighted by Crippen LogP contribution is -2.52. The van der Waals surface area contributed by atoms with Crippen molar-refractivity contribution in [3.8, 4) is 0 Å². The first-order valence-corrected chi connectivity index (χ1v) is 7.78. The molecular weight excluding hydrogens is 459 g/mol. The van der Waals surface area contributed by atoms with Crippen LogP contribution in [-0.4, -0.2) is 58.4 Å². The fourth-order valence-corrected chi connectivity index (χ4v) is 1.62. The second-order valence-corrected chi connectivity index (χ2v) is 6.08. The van der Waals surface area contributed by atoms with E-state index in [-0.39, 0.29) is 0 Å². The molecule has 0 saturated carbocycles. The molecule has 0 saturated heterocycles. The van der Waals surface area contributed by atoms with Gasteiger partial charge in [-0.05, 0) is 23.2 Å². The van der Waals surface area contributed by atoms with Crippen LogP contribution >= 0.6 is 23.2 Å². The van der Waals surface area contributed by atoms with Crippen molar-refractivity contribution in [2.24, 2.45) is 11.5 Å². The van der Waals surface area contributed by atoms with Crippen LogP contribution in [0.15, 0.2) is 0 Å². The average Bonchev–Trinajstić information content (AvgIpc) is 2.50. The van der Waals surface area contributed by atoms with Crippen molar-refractivity contribution >= 4 is 58.8 Å². The van der Waals surface area contributed by atoms with Crippen LogP contribution in [0, 0.1) is 0 Å². The third-order valence-corrected chi connectivity index (χ3v) is 3.05. The van der Waals surface area contributed by atoms with Crippen LogP contribution in [0.2, 0.25) is 0 Å². The molecule has 0 aromatic heterocycles. The minimum Gasteiger partial charge on any atom is -0.390 e. The van der Waals surface area contributed by atoms with Crippen molar-refractivity contribution < 1.29 is 51.1 Å². The molecule has 0 fully saturated rings. The fourth-order valence-electron chi connectivity index (χ4n) is 1.51. The molecular formula is C12H12Cl2F4N4O7. The molecule has 17 heteroatoms. The van der Waals surface area contributed by atoms with Crippen molar-refractivity contribution in [3.63, 3.8) is 0 Å². The van der Waals surface area contributed by atoms with Crippen LogP contribution in [-0.2, 0) is 33.5 Å². The minimum atomic E-state index is -4.52. The van der Waals surface area contributed by atoms with Crippen molar-refractivity contribution in [2.45, 2.75) is 35.7 Å². The first-order chi connectivity index (χ1) is 12.9. The summed E-state index contributed by atoms with van der Waals surface area (Å²) in [6, 6.07) is -4.51. The number of primary amides is 2. The van der Waals surface area contributed by atoms with Gasteiger partial charge in [-0.2, -0.15) is 17.6 Å². The molecule has 2 atom stereocenters. The van der Waals surface area contributed by atoms with Gasteiger partial charge in [0, 0.05) is 0 Å². The number of hydrogen-bond donors (Lipinski definition) is 4. The molecule has 0 heterocycles. The van der Waals surface area contributed by atoms with E-state index in [9.17, 15) is 46.3 Å². The number of esters is 2. The highest BCUT2D eigenvalue weighted by Gasteiger charge is 2.41. The maximum Gasteiger partial charge on any atom is 0.399 e. The normalized spacial score (nSPS) is 13.6. The topological polar surface area (TPSA) is 188 Å². The van der Waals surface area contributed by atoms with Gasteiger partial charge in [0.15, 0.2) is 0 Å². The number of ether oxygens (including phenoxy) is 1. The largest absolute Gasteiger partial charge is 0.399 e.